The SMILES string of the molecule is O=C(O)CN(CCOc1ccc(Cl)cc1Cl)CC(F)(F)F. The fraction of sp³-hybridized carbons (Fsp3) is 0.417. The maximum atomic E-state index is 12.3. The molecule has 0 radical (unpaired) electrons. The van der Waals surface area contributed by atoms with Gasteiger partial charge in [0.1, 0.15) is 12.4 Å². The van der Waals surface area contributed by atoms with Crippen LogP contribution in [-0.2, 0) is 4.79 Å². The topological polar surface area (TPSA) is 49.8 Å². The van der Waals surface area contributed by atoms with E-state index in [4.69, 9.17) is 33.0 Å². The molecule has 0 aliphatic rings. The highest BCUT2D eigenvalue weighted by atomic mass is 35.5. The Kier molecular flexibility index (Phi) is 6.57. The molecular formula is C12H12Cl2F3NO3. The lowest BCUT2D eigenvalue weighted by Gasteiger charge is -2.21. The minimum absolute atomic E-state index is 0.134. The highest BCUT2D eigenvalue weighted by Crippen LogP contribution is 2.27. The van der Waals surface area contributed by atoms with Crippen molar-refractivity contribution < 1.29 is 27.8 Å². The van der Waals surface area contributed by atoms with Gasteiger partial charge in [-0.1, -0.05) is 23.2 Å². The molecule has 118 valence electrons. The van der Waals surface area contributed by atoms with Gasteiger partial charge in [0.2, 0.25) is 0 Å². The van der Waals surface area contributed by atoms with Crippen molar-refractivity contribution in [2.45, 2.75) is 6.18 Å². The second-order valence-electron chi connectivity index (χ2n) is 4.14. The van der Waals surface area contributed by atoms with E-state index < -0.39 is 25.2 Å². The molecule has 9 heteroatoms. The number of ether oxygens (including phenoxy) is 1. The number of carbonyl (C=O) groups is 1. The van der Waals surface area contributed by atoms with Crippen molar-refractivity contribution in [3.8, 4) is 5.75 Å². The first kappa shape index (κ1) is 17.9. The van der Waals surface area contributed by atoms with Crippen molar-refractivity contribution in [3.05, 3.63) is 28.2 Å². The number of hydrogen-bond acceptors (Lipinski definition) is 3. The first-order valence-corrected chi connectivity index (χ1v) is 6.52. The number of nitrogens with zero attached hydrogens (tertiary/aromatic N) is 1. The van der Waals surface area contributed by atoms with E-state index in [9.17, 15) is 18.0 Å². The van der Waals surface area contributed by atoms with E-state index in [0.717, 1.165) is 4.90 Å². The third-order valence-corrected chi connectivity index (χ3v) is 2.85. The minimum Gasteiger partial charge on any atom is -0.491 e. The molecular weight excluding hydrogens is 334 g/mol. The molecule has 0 atom stereocenters. The van der Waals surface area contributed by atoms with Crippen molar-refractivity contribution in [1.82, 2.24) is 4.90 Å². The predicted octanol–water partition coefficient (Wildman–Crippen LogP) is 3.32. The van der Waals surface area contributed by atoms with Crippen molar-refractivity contribution in [2.75, 3.05) is 26.2 Å². The van der Waals surface area contributed by atoms with Gasteiger partial charge in [-0.2, -0.15) is 13.2 Å². The van der Waals surface area contributed by atoms with E-state index in [0.29, 0.717) is 5.02 Å². The van der Waals surface area contributed by atoms with Gasteiger partial charge in [-0.05, 0) is 18.2 Å². The van der Waals surface area contributed by atoms with E-state index in [1.54, 1.807) is 0 Å². The van der Waals surface area contributed by atoms with Crippen LogP contribution < -0.4 is 4.74 Å². The molecule has 0 heterocycles. The fourth-order valence-electron chi connectivity index (χ4n) is 1.54. The summed E-state index contributed by atoms with van der Waals surface area (Å²) in [4.78, 5) is 11.3. The number of benzene rings is 1. The van der Waals surface area contributed by atoms with Crippen LogP contribution in [0.4, 0.5) is 13.2 Å². The van der Waals surface area contributed by atoms with E-state index in [1.165, 1.54) is 18.2 Å². The maximum Gasteiger partial charge on any atom is 0.401 e. The molecule has 1 aromatic rings. The summed E-state index contributed by atoms with van der Waals surface area (Å²) in [6.07, 6.45) is -4.48. The molecule has 0 unspecified atom stereocenters. The smallest absolute Gasteiger partial charge is 0.401 e. The summed E-state index contributed by atoms with van der Waals surface area (Å²) < 4.78 is 42.1. The van der Waals surface area contributed by atoms with Gasteiger partial charge in [0, 0.05) is 11.6 Å². The molecule has 0 spiro atoms. The van der Waals surface area contributed by atoms with Gasteiger partial charge in [0.05, 0.1) is 18.1 Å². The van der Waals surface area contributed by atoms with Gasteiger partial charge in [-0.3, -0.25) is 9.69 Å². The quantitative estimate of drug-likeness (QED) is 0.823. The van der Waals surface area contributed by atoms with Crippen LogP contribution in [0.2, 0.25) is 10.0 Å². The normalized spacial score (nSPS) is 11.7. The average molecular weight is 346 g/mol. The Labute approximate surface area is 129 Å². The molecule has 0 aliphatic carbocycles. The van der Waals surface area contributed by atoms with Gasteiger partial charge >= 0.3 is 12.1 Å². The summed E-state index contributed by atoms with van der Waals surface area (Å²) in [5.41, 5.74) is 0. The van der Waals surface area contributed by atoms with Crippen LogP contribution in [0.1, 0.15) is 0 Å². The first-order valence-electron chi connectivity index (χ1n) is 5.76. The second-order valence-corrected chi connectivity index (χ2v) is 4.99. The van der Waals surface area contributed by atoms with Crippen LogP contribution >= 0.6 is 23.2 Å². The Bertz CT molecular complexity index is 497. The van der Waals surface area contributed by atoms with Crippen molar-refractivity contribution in [2.24, 2.45) is 0 Å². The number of halogens is 5. The number of aliphatic carboxylic acids is 1. The molecule has 1 aromatic carbocycles. The molecule has 1 rings (SSSR count). The molecule has 0 fully saturated rings. The molecule has 0 bridgehead atoms. The van der Waals surface area contributed by atoms with Gasteiger partial charge in [0.15, 0.2) is 0 Å². The fourth-order valence-corrected chi connectivity index (χ4v) is 2.00. The molecule has 1 N–H and O–H groups in total. The highest BCUT2D eigenvalue weighted by Gasteiger charge is 2.31. The van der Waals surface area contributed by atoms with Crippen LogP contribution in [0.5, 0.6) is 5.75 Å². The first-order chi connectivity index (χ1) is 9.67. The van der Waals surface area contributed by atoms with E-state index in [1.807, 2.05) is 0 Å². The number of carboxylic acids is 1. The van der Waals surface area contributed by atoms with Crippen LogP contribution in [0.25, 0.3) is 0 Å². The van der Waals surface area contributed by atoms with Gasteiger partial charge in [-0.15, -0.1) is 0 Å². The van der Waals surface area contributed by atoms with Crippen LogP contribution in [0, 0.1) is 0 Å². The predicted molar refractivity (Wildman–Crippen MR) is 72.1 cm³/mol. The lowest BCUT2D eigenvalue weighted by Crippen LogP contribution is -2.40. The number of rotatable bonds is 7. The van der Waals surface area contributed by atoms with Crippen LogP contribution in [0.3, 0.4) is 0 Å². The van der Waals surface area contributed by atoms with Gasteiger partial charge in [0.25, 0.3) is 0 Å². The van der Waals surface area contributed by atoms with Crippen molar-refractivity contribution in [1.29, 1.82) is 0 Å². The molecule has 0 saturated carbocycles. The Balaban J connectivity index is 2.54. The number of carboxylic acid groups (broad SMARTS) is 1. The molecule has 0 aliphatic heterocycles. The lowest BCUT2D eigenvalue weighted by atomic mass is 10.3. The van der Waals surface area contributed by atoms with Crippen molar-refractivity contribution >= 4 is 29.2 Å². The van der Waals surface area contributed by atoms with Gasteiger partial charge in [-0.25, -0.2) is 0 Å². The Morgan fingerprint density at radius 2 is 2.00 bits per heavy atom. The molecule has 0 amide bonds. The molecule has 21 heavy (non-hydrogen) atoms. The Hall–Kier alpha value is -1.18. The standard InChI is InChI=1S/C12H12Cl2F3NO3/c13-8-1-2-10(9(14)5-8)21-4-3-18(6-11(19)20)7-12(15,16)17/h1-2,5H,3-4,6-7H2,(H,19,20). The Morgan fingerprint density at radius 1 is 1.33 bits per heavy atom. The summed E-state index contributed by atoms with van der Waals surface area (Å²) in [7, 11) is 0. The zero-order chi connectivity index (χ0) is 16.0. The highest BCUT2D eigenvalue weighted by molar-refractivity contribution is 6.35. The van der Waals surface area contributed by atoms with E-state index >= 15 is 0 Å². The average Bonchev–Trinajstić information content (AvgIpc) is 2.28. The van der Waals surface area contributed by atoms with E-state index in [-0.39, 0.29) is 23.9 Å². The largest absolute Gasteiger partial charge is 0.491 e. The van der Waals surface area contributed by atoms with Crippen LogP contribution in [0.15, 0.2) is 18.2 Å². The summed E-state index contributed by atoms with van der Waals surface area (Å²) in [5.74, 6) is -1.08. The van der Waals surface area contributed by atoms with Gasteiger partial charge < -0.3 is 9.84 Å². The zero-order valence-corrected chi connectivity index (χ0v) is 12.2. The minimum atomic E-state index is -4.48. The van der Waals surface area contributed by atoms with Crippen LogP contribution in [-0.4, -0.2) is 48.4 Å². The van der Waals surface area contributed by atoms with E-state index in [2.05, 4.69) is 0 Å². The summed E-state index contributed by atoms with van der Waals surface area (Å²) >= 11 is 11.5. The third-order valence-electron chi connectivity index (χ3n) is 2.32. The second kappa shape index (κ2) is 7.72. The number of alkyl halides is 3. The zero-order valence-electron chi connectivity index (χ0n) is 10.7. The number of hydrogen-bond donors (Lipinski definition) is 1. The molecule has 4 nitrogen and oxygen atoms in total. The molecule has 0 aromatic heterocycles. The molecule has 0 saturated heterocycles. The Morgan fingerprint density at radius 3 is 2.52 bits per heavy atom. The van der Waals surface area contributed by atoms with Crippen molar-refractivity contribution in [3.63, 3.8) is 0 Å². The summed E-state index contributed by atoms with van der Waals surface area (Å²) in [6.45, 7) is -2.39. The monoisotopic (exact) mass is 345 g/mol. The summed E-state index contributed by atoms with van der Waals surface area (Å²) in [6, 6.07) is 4.44. The third kappa shape index (κ3) is 7.40. The maximum absolute atomic E-state index is 12.3. The lowest BCUT2D eigenvalue weighted by molar-refractivity contribution is -0.154. The summed E-state index contributed by atoms with van der Waals surface area (Å²) in [5, 5.41) is 9.21.